The Morgan fingerprint density at radius 3 is 2.84 bits per heavy atom. The molecule has 0 radical (unpaired) electrons. The van der Waals surface area contributed by atoms with Crippen molar-refractivity contribution in [3.05, 3.63) is 17.3 Å². The molecule has 1 aliphatic heterocycles. The van der Waals surface area contributed by atoms with Gasteiger partial charge in [0.05, 0.1) is 5.69 Å². The predicted octanol–water partition coefficient (Wildman–Crippen LogP) is 1.82. The number of carbonyl (C=O) groups is 1. The zero-order chi connectivity index (χ0) is 13.6. The van der Waals surface area contributed by atoms with E-state index in [0.29, 0.717) is 6.04 Å². The fourth-order valence-corrected chi connectivity index (χ4v) is 3.54. The highest BCUT2D eigenvalue weighted by molar-refractivity contribution is 5.87. The molecule has 2 atom stereocenters. The van der Waals surface area contributed by atoms with Crippen molar-refractivity contribution in [1.29, 1.82) is 0 Å². The molecule has 2 bridgehead atoms. The van der Waals surface area contributed by atoms with Crippen LogP contribution in [0.3, 0.4) is 0 Å². The number of carboxylic acids is 1. The highest BCUT2D eigenvalue weighted by Crippen LogP contribution is 2.41. The first-order valence-electron chi connectivity index (χ1n) is 6.77. The van der Waals surface area contributed by atoms with Crippen molar-refractivity contribution >= 4 is 17.9 Å². The molecule has 3 rings (SSSR count). The molecule has 1 aliphatic carbocycles. The summed E-state index contributed by atoms with van der Waals surface area (Å²) in [7, 11) is 1.94. The molecule has 1 N–H and O–H groups in total. The number of hydrogen-bond donors (Lipinski definition) is 1. The second-order valence-corrected chi connectivity index (χ2v) is 5.60. The van der Waals surface area contributed by atoms with Crippen LogP contribution in [0.2, 0.25) is 0 Å². The molecule has 2 aliphatic rings. The van der Waals surface area contributed by atoms with Crippen LogP contribution < -0.4 is 4.90 Å². The molecule has 2 unspecified atom stereocenters. The van der Waals surface area contributed by atoms with Crippen LogP contribution in [0.4, 0.5) is 5.82 Å². The Morgan fingerprint density at radius 1 is 1.47 bits per heavy atom. The van der Waals surface area contributed by atoms with Gasteiger partial charge in [-0.1, -0.05) is 0 Å². The van der Waals surface area contributed by atoms with Gasteiger partial charge in [0.1, 0.15) is 5.82 Å². The van der Waals surface area contributed by atoms with Crippen LogP contribution in [0.1, 0.15) is 30.5 Å². The number of aromatic nitrogens is 2. The van der Waals surface area contributed by atoms with Gasteiger partial charge in [-0.15, -0.1) is 0 Å². The molecule has 5 nitrogen and oxygen atoms in total. The zero-order valence-corrected chi connectivity index (χ0v) is 11.3. The molecule has 0 amide bonds. The number of carboxylic acid groups (broad SMARTS) is 1. The van der Waals surface area contributed by atoms with Crippen LogP contribution >= 0.6 is 0 Å². The third-order valence-electron chi connectivity index (χ3n) is 4.31. The minimum absolute atomic E-state index is 0.608. The first-order chi connectivity index (χ1) is 9.06. The maximum atomic E-state index is 10.7. The normalized spacial score (nSPS) is 25.7. The number of piperidine rings is 1. The van der Waals surface area contributed by atoms with Gasteiger partial charge in [0.15, 0.2) is 0 Å². The highest BCUT2D eigenvalue weighted by atomic mass is 16.4. The smallest absolute Gasteiger partial charge is 0.328 e. The first kappa shape index (κ1) is 12.3. The van der Waals surface area contributed by atoms with E-state index in [1.54, 1.807) is 6.08 Å². The molecular weight excluding hydrogens is 242 g/mol. The lowest BCUT2D eigenvalue weighted by molar-refractivity contribution is -0.131. The molecule has 1 aromatic heterocycles. The first-order valence-corrected chi connectivity index (χ1v) is 6.77. The van der Waals surface area contributed by atoms with Gasteiger partial charge in [-0.25, -0.2) is 4.79 Å². The van der Waals surface area contributed by atoms with Crippen molar-refractivity contribution in [3.63, 3.8) is 0 Å². The lowest BCUT2D eigenvalue weighted by Gasteiger charge is -2.29. The maximum Gasteiger partial charge on any atom is 0.328 e. The third-order valence-corrected chi connectivity index (χ3v) is 4.31. The van der Waals surface area contributed by atoms with E-state index in [1.807, 2.05) is 18.7 Å². The number of aryl methyl sites for hydroxylation is 2. The summed E-state index contributed by atoms with van der Waals surface area (Å²) in [6, 6.07) is 0.608. The van der Waals surface area contributed by atoms with Crippen LogP contribution in [0.5, 0.6) is 0 Å². The Hall–Kier alpha value is -1.78. The van der Waals surface area contributed by atoms with E-state index in [1.165, 1.54) is 25.3 Å². The number of fused-ring (bicyclic) bond motifs is 2. The van der Waals surface area contributed by atoms with Gasteiger partial charge < -0.3 is 10.0 Å². The largest absolute Gasteiger partial charge is 0.478 e. The number of nitrogens with zero attached hydrogens (tertiary/aromatic N) is 3. The zero-order valence-electron chi connectivity index (χ0n) is 11.3. The van der Waals surface area contributed by atoms with Crippen molar-refractivity contribution in [2.45, 2.75) is 32.2 Å². The predicted molar refractivity (Wildman–Crippen MR) is 73.1 cm³/mol. The molecule has 0 spiro atoms. The Balaban J connectivity index is 1.98. The Kier molecular flexibility index (Phi) is 2.84. The molecule has 1 saturated carbocycles. The van der Waals surface area contributed by atoms with Gasteiger partial charge in [-0.05, 0) is 38.2 Å². The minimum Gasteiger partial charge on any atom is -0.478 e. The molecule has 0 aromatic carbocycles. The van der Waals surface area contributed by atoms with Gasteiger partial charge in [0, 0.05) is 31.3 Å². The lowest BCUT2D eigenvalue weighted by Crippen LogP contribution is -2.33. The van der Waals surface area contributed by atoms with Gasteiger partial charge in [0.2, 0.25) is 0 Å². The van der Waals surface area contributed by atoms with E-state index in [4.69, 9.17) is 5.11 Å². The van der Waals surface area contributed by atoms with E-state index >= 15 is 0 Å². The monoisotopic (exact) mass is 261 g/mol. The van der Waals surface area contributed by atoms with Gasteiger partial charge >= 0.3 is 5.97 Å². The van der Waals surface area contributed by atoms with Gasteiger partial charge in [0.25, 0.3) is 0 Å². The quantitative estimate of drug-likeness (QED) is 0.843. The number of aliphatic carboxylic acids is 1. The standard InChI is InChI=1S/C14H19N3O2/c1-9-12(5-6-13(18)19)14(16(2)15-9)17-8-10-3-4-11(17)7-10/h5-6,10-11H,3-4,7-8H2,1-2H3,(H,18,19)/b6-5+. The van der Waals surface area contributed by atoms with E-state index < -0.39 is 5.97 Å². The average Bonchev–Trinajstić information content (AvgIpc) is 3.00. The van der Waals surface area contributed by atoms with Crippen LogP contribution in [-0.2, 0) is 11.8 Å². The summed E-state index contributed by atoms with van der Waals surface area (Å²) in [5.74, 6) is 0.954. The summed E-state index contributed by atoms with van der Waals surface area (Å²) >= 11 is 0. The molecular formula is C14H19N3O2. The van der Waals surface area contributed by atoms with E-state index in [-0.39, 0.29) is 0 Å². The van der Waals surface area contributed by atoms with Crippen molar-refractivity contribution in [2.75, 3.05) is 11.4 Å². The van der Waals surface area contributed by atoms with Crippen LogP contribution in [0.15, 0.2) is 6.08 Å². The second kappa shape index (κ2) is 4.40. The average molecular weight is 261 g/mol. The minimum atomic E-state index is -0.919. The molecule has 2 fully saturated rings. The van der Waals surface area contributed by atoms with Gasteiger partial charge in [-0.3, -0.25) is 4.68 Å². The summed E-state index contributed by atoms with van der Waals surface area (Å²) < 4.78 is 1.89. The highest BCUT2D eigenvalue weighted by Gasteiger charge is 2.39. The molecule has 5 heteroatoms. The summed E-state index contributed by atoms with van der Waals surface area (Å²) in [5, 5.41) is 13.3. The van der Waals surface area contributed by atoms with E-state index in [2.05, 4.69) is 10.00 Å². The molecule has 1 aromatic rings. The molecule has 2 heterocycles. The van der Waals surface area contributed by atoms with Gasteiger partial charge in [-0.2, -0.15) is 5.10 Å². The fourth-order valence-electron chi connectivity index (χ4n) is 3.54. The lowest BCUT2D eigenvalue weighted by atomic mass is 10.1. The maximum absolute atomic E-state index is 10.7. The Labute approximate surface area is 112 Å². The van der Waals surface area contributed by atoms with E-state index in [9.17, 15) is 4.79 Å². The second-order valence-electron chi connectivity index (χ2n) is 5.60. The Bertz CT molecular complexity index is 547. The number of rotatable bonds is 3. The molecule has 1 saturated heterocycles. The summed E-state index contributed by atoms with van der Waals surface area (Å²) in [6.45, 7) is 3.01. The van der Waals surface area contributed by atoms with Crippen molar-refractivity contribution in [3.8, 4) is 0 Å². The number of anilines is 1. The number of hydrogen-bond acceptors (Lipinski definition) is 3. The topological polar surface area (TPSA) is 58.4 Å². The van der Waals surface area contributed by atoms with Crippen molar-refractivity contribution < 1.29 is 9.90 Å². The SMILES string of the molecule is Cc1nn(C)c(N2CC3CCC2C3)c1/C=C/C(=O)O. The van der Waals surface area contributed by atoms with Crippen molar-refractivity contribution in [1.82, 2.24) is 9.78 Å². The van der Waals surface area contributed by atoms with Crippen LogP contribution in [-0.4, -0.2) is 33.4 Å². The fraction of sp³-hybridized carbons (Fsp3) is 0.571. The van der Waals surface area contributed by atoms with E-state index in [0.717, 1.165) is 29.5 Å². The third kappa shape index (κ3) is 2.03. The Morgan fingerprint density at radius 2 is 2.26 bits per heavy atom. The van der Waals surface area contributed by atoms with Crippen molar-refractivity contribution in [2.24, 2.45) is 13.0 Å². The summed E-state index contributed by atoms with van der Waals surface area (Å²) in [6.07, 6.45) is 6.72. The summed E-state index contributed by atoms with van der Waals surface area (Å²) in [4.78, 5) is 13.1. The molecule has 19 heavy (non-hydrogen) atoms. The molecule has 102 valence electrons. The summed E-state index contributed by atoms with van der Waals surface area (Å²) in [5.41, 5.74) is 1.83. The van der Waals surface area contributed by atoms with Crippen LogP contribution in [0, 0.1) is 12.8 Å². The van der Waals surface area contributed by atoms with Crippen LogP contribution in [0.25, 0.3) is 6.08 Å².